The van der Waals surface area contributed by atoms with E-state index >= 15 is 0 Å². The molecule has 1 saturated heterocycles. The maximum absolute atomic E-state index is 13.1. The van der Waals surface area contributed by atoms with Gasteiger partial charge in [-0.25, -0.2) is 0 Å². The highest BCUT2D eigenvalue weighted by molar-refractivity contribution is 5.81. The molecule has 3 rings (SSSR count). The van der Waals surface area contributed by atoms with Crippen LogP contribution in [0.3, 0.4) is 0 Å². The number of hydrogen-bond acceptors (Lipinski definition) is 5. The van der Waals surface area contributed by atoms with E-state index in [9.17, 15) is 22.8 Å². The van der Waals surface area contributed by atoms with Crippen molar-refractivity contribution in [2.24, 2.45) is 17.6 Å². The number of carbonyl (C=O) groups excluding carboxylic acids is 2. The normalized spacial score (nSPS) is 16.7. The SMILES string of the molecule is CC(C)C(C(=O)N1CCC(C(N)=O)CC1)n1nnc(-c2cccc(C(F)(F)F)c2)n1. The van der Waals surface area contributed by atoms with Gasteiger partial charge in [0.2, 0.25) is 17.6 Å². The molecular weight excluding hydrogens is 401 g/mol. The van der Waals surface area contributed by atoms with E-state index in [-0.39, 0.29) is 35.0 Å². The Labute approximate surface area is 171 Å². The molecule has 1 aliphatic heterocycles. The molecule has 0 radical (unpaired) electrons. The maximum atomic E-state index is 13.1. The van der Waals surface area contributed by atoms with Gasteiger partial charge in [0.25, 0.3) is 0 Å². The largest absolute Gasteiger partial charge is 0.416 e. The number of benzene rings is 1. The van der Waals surface area contributed by atoms with Gasteiger partial charge in [0.1, 0.15) is 0 Å². The van der Waals surface area contributed by atoms with Crippen LogP contribution in [0.5, 0.6) is 0 Å². The quantitative estimate of drug-likeness (QED) is 0.793. The summed E-state index contributed by atoms with van der Waals surface area (Å²) in [6.45, 7) is 4.44. The summed E-state index contributed by atoms with van der Waals surface area (Å²) < 4.78 is 38.9. The van der Waals surface area contributed by atoms with Crippen molar-refractivity contribution in [1.82, 2.24) is 25.1 Å². The predicted octanol–water partition coefficient (Wildman–Crippen LogP) is 2.28. The lowest BCUT2D eigenvalue weighted by atomic mass is 9.95. The van der Waals surface area contributed by atoms with E-state index in [4.69, 9.17) is 5.73 Å². The van der Waals surface area contributed by atoms with E-state index in [0.717, 1.165) is 16.9 Å². The first-order valence-corrected chi connectivity index (χ1v) is 9.63. The lowest BCUT2D eigenvalue weighted by Crippen LogP contribution is -2.46. The number of halogens is 3. The zero-order valence-electron chi connectivity index (χ0n) is 16.6. The first-order chi connectivity index (χ1) is 14.1. The van der Waals surface area contributed by atoms with Crippen LogP contribution in [0.2, 0.25) is 0 Å². The molecule has 8 nitrogen and oxygen atoms in total. The highest BCUT2D eigenvalue weighted by Crippen LogP contribution is 2.31. The van der Waals surface area contributed by atoms with E-state index in [2.05, 4.69) is 15.4 Å². The first-order valence-electron chi connectivity index (χ1n) is 9.63. The van der Waals surface area contributed by atoms with E-state index in [1.807, 2.05) is 13.8 Å². The molecule has 162 valence electrons. The lowest BCUT2D eigenvalue weighted by molar-refractivity contribution is -0.140. The van der Waals surface area contributed by atoms with Gasteiger partial charge in [-0.05, 0) is 36.1 Å². The molecule has 2 amide bonds. The van der Waals surface area contributed by atoms with Crippen molar-refractivity contribution in [3.8, 4) is 11.4 Å². The molecule has 11 heteroatoms. The molecule has 2 heterocycles. The van der Waals surface area contributed by atoms with Gasteiger partial charge in [-0.1, -0.05) is 26.0 Å². The Hall–Kier alpha value is -2.98. The van der Waals surface area contributed by atoms with Crippen molar-refractivity contribution in [3.05, 3.63) is 29.8 Å². The van der Waals surface area contributed by atoms with Crippen LogP contribution in [0.1, 0.15) is 38.3 Å². The molecule has 1 aliphatic rings. The van der Waals surface area contributed by atoms with Crippen molar-refractivity contribution >= 4 is 11.8 Å². The number of aromatic nitrogens is 4. The van der Waals surface area contributed by atoms with Gasteiger partial charge in [0.05, 0.1) is 5.56 Å². The van der Waals surface area contributed by atoms with Crippen LogP contribution in [0, 0.1) is 11.8 Å². The number of carbonyl (C=O) groups is 2. The summed E-state index contributed by atoms with van der Waals surface area (Å²) >= 11 is 0. The van der Waals surface area contributed by atoms with Gasteiger partial charge in [-0.2, -0.15) is 18.0 Å². The molecule has 30 heavy (non-hydrogen) atoms. The zero-order valence-corrected chi connectivity index (χ0v) is 16.6. The average molecular weight is 424 g/mol. The molecule has 0 bridgehead atoms. The Morgan fingerprint density at radius 3 is 2.43 bits per heavy atom. The smallest absolute Gasteiger partial charge is 0.369 e. The van der Waals surface area contributed by atoms with Gasteiger partial charge >= 0.3 is 6.18 Å². The number of rotatable bonds is 5. The third kappa shape index (κ3) is 4.60. The van der Waals surface area contributed by atoms with Gasteiger partial charge in [0, 0.05) is 24.6 Å². The van der Waals surface area contributed by atoms with Crippen LogP contribution in [-0.2, 0) is 15.8 Å². The number of amides is 2. The minimum Gasteiger partial charge on any atom is -0.369 e. The number of hydrogen-bond donors (Lipinski definition) is 1. The molecule has 1 aromatic carbocycles. The van der Waals surface area contributed by atoms with Crippen molar-refractivity contribution in [1.29, 1.82) is 0 Å². The van der Waals surface area contributed by atoms with Crippen LogP contribution >= 0.6 is 0 Å². The van der Waals surface area contributed by atoms with Crippen molar-refractivity contribution < 1.29 is 22.8 Å². The number of nitrogens with two attached hydrogens (primary N) is 1. The fraction of sp³-hybridized carbons (Fsp3) is 0.526. The van der Waals surface area contributed by atoms with E-state index < -0.39 is 17.8 Å². The minimum atomic E-state index is -4.49. The standard InChI is InChI=1S/C19H23F3N6O2/c1-11(2)15(18(30)27-8-6-12(7-9-27)16(23)29)28-25-17(24-26-28)13-4-3-5-14(10-13)19(20,21)22/h3-5,10-12,15H,6-9H2,1-2H3,(H2,23,29). The second-order valence-electron chi connectivity index (χ2n) is 7.70. The highest BCUT2D eigenvalue weighted by atomic mass is 19.4. The minimum absolute atomic E-state index is 0.00647. The summed E-state index contributed by atoms with van der Waals surface area (Å²) in [7, 11) is 0. The molecule has 1 atom stereocenters. The van der Waals surface area contributed by atoms with Gasteiger partial charge in [0.15, 0.2) is 6.04 Å². The van der Waals surface area contributed by atoms with Crippen LogP contribution in [0.25, 0.3) is 11.4 Å². The molecule has 2 N–H and O–H groups in total. The number of nitrogens with zero attached hydrogens (tertiary/aromatic N) is 5. The van der Waals surface area contributed by atoms with Crippen LogP contribution < -0.4 is 5.73 Å². The Bertz CT molecular complexity index is 919. The van der Waals surface area contributed by atoms with Crippen molar-refractivity contribution in [3.63, 3.8) is 0 Å². The lowest BCUT2D eigenvalue weighted by Gasteiger charge is -2.33. The highest BCUT2D eigenvalue weighted by Gasteiger charge is 2.35. The van der Waals surface area contributed by atoms with Crippen LogP contribution in [0.4, 0.5) is 13.2 Å². The Morgan fingerprint density at radius 1 is 1.20 bits per heavy atom. The van der Waals surface area contributed by atoms with E-state index in [1.54, 1.807) is 4.90 Å². The van der Waals surface area contributed by atoms with Crippen molar-refractivity contribution in [2.45, 2.75) is 38.9 Å². The summed E-state index contributed by atoms with van der Waals surface area (Å²) in [5.74, 6) is -1.02. The van der Waals surface area contributed by atoms with Gasteiger partial charge in [-0.3, -0.25) is 9.59 Å². The molecule has 1 unspecified atom stereocenters. The van der Waals surface area contributed by atoms with Gasteiger partial charge < -0.3 is 10.6 Å². The molecule has 0 saturated carbocycles. The molecule has 1 fully saturated rings. The predicted molar refractivity (Wildman–Crippen MR) is 101 cm³/mol. The molecule has 0 spiro atoms. The summed E-state index contributed by atoms with van der Waals surface area (Å²) in [5, 5.41) is 12.0. The number of primary amides is 1. The fourth-order valence-electron chi connectivity index (χ4n) is 3.52. The molecule has 0 aliphatic carbocycles. The number of tetrazole rings is 1. The number of likely N-dealkylation sites (tertiary alicyclic amines) is 1. The monoisotopic (exact) mass is 424 g/mol. The summed E-state index contributed by atoms with van der Waals surface area (Å²) in [4.78, 5) is 27.2. The number of alkyl halides is 3. The zero-order chi connectivity index (χ0) is 22.1. The topological polar surface area (TPSA) is 107 Å². The summed E-state index contributed by atoms with van der Waals surface area (Å²) in [6, 6.07) is 3.87. The van der Waals surface area contributed by atoms with Crippen LogP contribution in [0.15, 0.2) is 24.3 Å². The molecular formula is C19H23F3N6O2. The summed E-state index contributed by atoms with van der Waals surface area (Å²) in [5.41, 5.74) is 4.68. The number of piperidine rings is 1. The second-order valence-corrected chi connectivity index (χ2v) is 7.70. The van der Waals surface area contributed by atoms with Crippen molar-refractivity contribution in [2.75, 3.05) is 13.1 Å². The van der Waals surface area contributed by atoms with E-state index in [0.29, 0.717) is 25.9 Å². The fourth-order valence-corrected chi connectivity index (χ4v) is 3.52. The average Bonchev–Trinajstić information content (AvgIpc) is 3.17. The van der Waals surface area contributed by atoms with Crippen LogP contribution in [-0.4, -0.2) is 50.0 Å². The maximum Gasteiger partial charge on any atom is 0.416 e. The first kappa shape index (κ1) is 21.7. The van der Waals surface area contributed by atoms with E-state index in [1.165, 1.54) is 12.1 Å². The third-order valence-electron chi connectivity index (χ3n) is 5.22. The Balaban J connectivity index is 1.81. The molecule has 1 aromatic heterocycles. The molecule has 2 aromatic rings. The van der Waals surface area contributed by atoms with Gasteiger partial charge in [-0.15, -0.1) is 10.2 Å². The Kier molecular flexibility index (Phi) is 6.09. The second kappa shape index (κ2) is 8.41. The summed E-state index contributed by atoms with van der Waals surface area (Å²) in [6.07, 6.45) is -3.50. The third-order valence-corrected chi connectivity index (χ3v) is 5.22. The Morgan fingerprint density at radius 2 is 1.87 bits per heavy atom.